The Hall–Kier alpha value is -2.13. The number of amides is 1. The zero-order chi connectivity index (χ0) is 14.7. The Morgan fingerprint density at radius 2 is 2.30 bits per heavy atom. The molecule has 0 aliphatic rings. The average Bonchev–Trinajstić information content (AvgIpc) is 2.82. The van der Waals surface area contributed by atoms with Crippen LogP contribution in [0.5, 0.6) is 0 Å². The number of hydrogen-bond donors (Lipinski definition) is 1. The van der Waals surface area contributed by atoms with Crippen molar-refractivity contribution in [3.05, 3.63) is 45.7 Å². The lowest BCUT2D eigenvalue weighted by atomic mass is 10.1. The molecule has 0 aliphatic heterocycles. The Kier molecular flexibility index (Phi) is 4.20. The third-order valence-corrected chi connectivity index (χ3v) is 3.33. The molecule has 1 aromatic carbocycles. The fourth-order valence-corrected chi connectivity index (χ4v) is 2.25. The van der Waals surface area contributed by atoms with Gasteiger partial charge in [0.25, 0.3) is 5.91 Å². The molecule has 0 spiro atoms. The van der Waals surface area contributed by atoms with Gasteiger partial charge in [0, 0.05) is 17.7 Å². The molecule has 0 bridgehead atoms. The Balaban J connectivity index is 2.30. The second-order valence-corrected chi connectivity index (χ2v) is 5.19. The number of carbonyl (C=O) groups is 1. The number of aryl methyl sites for hydroxylation is 2. The predicted molar refractivity (Wildman–Crippen MR) is 79.4 cm³/mol. The number of nitriles is 1. The summed E-state index contributed by atoms with van der Waals surface area (Å²) >= 11 is 3.30. The molecule has 0 unspecified atom stereocenters. The first-order valence-corrected chi connectivity index (χ1v) is 6.88. The van der Waals surface area contributed by atoms with Gasteiger partial charge in [0.1, 0.15) is 6.07 Å². The summed E-state index contributed by atoms with van der Waals surface area (Å²) in [6.07, 6.45) is 2.36. The lowest BCUT2D eigenvalue weighted by molar-refractivity contribution is 0.102. The molecule has 1 aromatic heterocycles. The summed E-state index contributed by atoms with van der Waals surface area (Å²) in [5.74, 6) is -0.256. The van der Waals surface area contributed by atoms with Gasteiger partial charge in [-0.3, -0.25) is 9.48 Å². The monoisotopic (exact) mass is 332 g/mol. The van der Waals surface area contributed by atoms with Crippen LogP contribution in [0.4, 0.5) is 5.69 Å². The van der Waals surface area contributed by atoms with E-state index in [1.54, 1.807) is 36.1 Å². The average molecular weight is 333 g/mol. The van der Waals surface area contributed by atoms with Gasteiger partial charge in [0.15, 0.2) is 0 Å². The molecular weight excluding hydrogens is 320 g/mol. The first-order chi connectivity index (χ1) is 9.55. The van der Waals surface area contributed by atoms with Crippen molar-refractivity contribution in [2.24, 2.45) is 7.05 Å². The minimum absolute atomic E-state index is 0.256. The first kappa shape index (κ1) is 14.3. The zero-order valence-electron chi connectivity index (χ0n) is 11.1. The van der Waals surface area contributed by atoms with Gasteiger partial charge in [-0.05, 0) is 24.6 Å². The number of halogens is 1. The number of nitrogens with one attached hydrogen (secondary N) is 1. The van der Waals surface area contributed by atoms with Gasteiger partial charge in [0.05, 0.1) is 22.5 Å². The maximum absolute atomic E-state index is 12.3. The zero-order valence-corrected chi connectivity index (χ0v) is 12.7. The summed E-state index contributed by atoms with van der Waals surface area (Å²) in [4.78, 5) is 12.3. The van der Waals surface area contributed by atoms with Crippen LogP contribution in [-0.4, -0.2) is 15.7 Å². The van der Waals surface area contributed by atoms with Crippen LogP contribution < -0.4 is 5.32 Å². The van der Waals surface area contributed by atoms with Crippen LogP contribution in [-0.2, 0) is 13.5 Å². The van der Waals surface area contributed by atoms with Gasteiger partial charge in [-0.15, -0.1) is 0 Å². The van der Waals surface area contributed by atoms with Crippen molar-refractivity contribution in [2.45, 2.75) is 13.3 Å². The Labute approximate surface area is 125 Å². The minimum atomic E-state index is -0.256. The molecule has 0 atom stereocenters. The quantitative estimate of drug-likeness (QED) is 0.939. The molecule has 6 heteroatoms. The van der Waals surface area contributed by atoms with E-state index >= 15 is 0 Å². The highest BCUT2D eigenvalue weighted by molar-refractivity contribution is 9.10. The maximum Gasteiger partial charge on any atom is 0.259 e. The molecule has 0 saturated carbocycles. The number of benzene rings is 1. The molecule has 0 aliphatic carbocycles. The van der Waals surface area contributed by atoms with E-state index in [0.717, 1.165) is 10.2 Å². The molecule has 1 amide bonds. The number of anilines is 1. The van der Waals surface area contributed by atoms with Gasteiger partial charge in [-0.25, -0.2) is 0 Å². The van der Waals surface area contributed by atoms with Crippen molar-refractivity contribution in [2.75, 3.05) is 5.32 Å². The van der Waals surface area contributed by atoms with Gasteiger partial charge in [0.2, 0.25) is 0 Å². The van der Waals surface area contributed by atoms with Crippen molar-refractivity contribution in [3.8, 4) is 6.07 Å². The lowest BCUT2D eigenvalue weighted by Gasteiger charge is -2.07. The summed E-state index contributed by atoms with van der Waals surface area (Å²) in [5, 5.41) is 16.1. The number of rotatable bonds is 3. The van der Waals surface area contributed by atoms with Gasteiger partial charge in [-0.1, -0.05) is 22.9 Å². The molecule has 0 radical (unpaired) electrons. The van der Waals surface area contributed by atoms with Crippen LogP contribution in [0.15, 0.2) is 28.9 Å². The Morgan fingerprint density at radius 1 is 1.55 bits per heavy atom. The standard InChI is InChI=1S/C14H13BrN4O/c1-3-12-11(8-19(2)18-12)14(20)17-13-5-4-10(15)6-9(13)7-16/h4-6,8H,3H2,1-2H3,(H,17,20). The van der Waals surface area contributed by atoms with Crippen LogP contribution in [0.3, 0.4) is 0 Å². The van der Waals surface area contributed by atoms with E-state index in [0.29, 0.717) is 23.2 Å². The van der Waals surface area contributed by atoms with E-state index in [4.69, 9.17) is 5.26 Å². The van der Waals surface area contributed by atoms with Crippen LogP contribution in [0.25, 0.3) is 0 Å². The van der Waals surface area contributed by atoms with Crippen molar-refractivity contribution in [1.29, 1.82) is 5.26 Å². The summed E-state index contributed by atoms with van der Waals surface area (Å²) < 4.78 is 2.41. The fourth-order valence-electron chi connectivity index (χ4n) is 1.89. The first-order valence-electron chi connectivity index (χ1n) is 6.08. The van der Waals surface area contributed by atoms with Crippen LogP contribution in [0, 0.1) is 11.3 Å². The third-order valence-electron chi connectivity index (χ3n) is 2.84. The Morgan fingerprint density at radius 3 is 2.95 bits per heavy atom. The maximum atomic E-state index is 12.3. The van der Waals surface area contributed by atoms with E-state index in [2.05, 4.69) is 32.4 Å². The third kappa shape index (κ3) is 2.89. The van der Waals surface area contributed by atoms with Crippen molar-refractivity contribution in [1.82, 2.24) is 9.78 Å². The van der Waals surface area contributed by atoms with Gasteiger partial charge >= 0.3 is 0 Å². The molecule has 5 nitrogen and oxygen atoms in total. The molecule has 2 aromatic rings. The van der Waals surface area contributed by atoms with E-state index in [1.165, 1.54) is 0 Å². The second kappa shape index (κ2) is 5.88. The highest BCUT2D eigenvalue weighted by Gasteiger charge is 2.15. The largest absolute Gasteiger partial charge is 0.321 e. The Bertz CT molecular complexity index is 700. The summed E-state index contributed by atoms with van der Waals surface area (Å²) in [5.41, 5.74) is 2.17. The van der Waals surface area contributed by atoms with E-state index in [-0.39, 0.29) is 5.91 Å². The van der Waals surface area contributed by atoms with Crippen LogP contribution in [0.2, 0.25) is 0 Å². The van der Waals surface area contributed by atoms with Crippen molar-refractivity contribution < 1.29 is 4.79 Å². The van der Waals surface area contributed by atoms with Gasteiger partial charge < -0.3 is 5.32 Å². The molecule has 0 saturated heterocycles. The van der Waals surface area contributed by atoms with E-state index in [9.17, 15) is 4.79 Å². The van der Waals surface area contributed by atoms with Crippen LogP contribution in [0.1, 0.15) is 28.5 Å². The predicted octanol–water partition coefficient (Wildman–Crippen LogP) is 2.87. The highest BCUT2D eigenvalue weighted by Crippen LogP contribution is 2.21. The molecule has 102 valence electrons. The number of hydrogen-bond acceptors (Lipinski definition) is 3. The number of carbonyl (C=O) groups excluding carboxylic acids is 1. The molecule has 20 heavy (non-hydrogen) atoms. The lowest BCUT2D eigenvalue weighted by Crippen LogP contribution is -2.14. The number of nitrogens with zero attached hydrogens (tertiary/aromatic N) is 3. The molecule has 2 rings (SSSR count). The summed E-state index contributed by atoms with van der Waals surface area (Å²) in [6.45, 7) is 1.94. The topological polar surface area (TPSA) is 70.7 Å². The van der Waals surface area contributed by atoms with E-state index < -0.39 is 0 Å². The molecule has 1 heterocycles. The van der Waals surface area contributed by atoms with Crippen molar-refractivity contribution >= 4 is 27.5 Å². The summed E-state index contributed by atoms with van der Waals surface area (Å²) in [7, 11) is 1.77. The summed E-state index contributed by atoms with van der Waals surface area (Å²) in [6, 6.07) is 7.20. The normalized spacial score (nSPS) is 10.1. The molecular formula is C14H13BrN4O. The van der Waals surface area contributed by atoms with Gasteiger partial charge in [-0.2, -0.15) is 10.4 Å². The SMILES string of the molecule is CCc1nn(C)cc1C(=O)Nc1ccc(Br)cc1C#N. The highest BCUT2D eigenvalue weighted by atomic mass is 79.9. The smallest absolute Gasteiger partial charge is 0.259 e. The molecule has 1 N–H and O–H groups in total. The second-order valence-electron chi connectivity index (χ2n) is 4.27. The van der Waals surface area contributed by atoms with Crippen LogP contribution >= 0.6 is 15.9 Å². The molecule has 0 fully saturated rings. The number of aromatic nitrogens is 2. The van der Waals surface area contributed by atoms with E-state index in [1.807, 2.05) is 6.92 Å². The fraction of sp³-hybridized carbons (Fsp3) is 0.214. The minimum Gasteiger partial charge on any atom is -0.321 e. The van der Waals surface area contributed by atoms with Crippen molar-refractivity contribution in [3.63, 3.8) is 0 Å².